The van der Waals surface area contributed by atoms with E-state index in [2.05, 4.69) is 20.7 Å². The van der Waals surface area contributed by atoms with Crippen LogP contribution in [-0.2, 0) is 11.2 Å². The molecule has 0 N–H and O–H groups in total. The second-order valence-corrected chi connectivity index (χ2v) is 6.96. The van der Waals surface area contributed by atoms with Gasteiger partial charge >= 0.3 is 6.36 Å². The Morgan fingerprint density at radius 2 is 1.96 bits per heavy atom. The van der Waals surface area contributed by atoms with Crippen molar-refractivity contribution in [2.24, 2.45) is 0 Å². The van der Waals surface area contributed by atoms with Crippen molar-refractivity contribution in [3.8, 4) is 5.75 Å². The van der Waals surface area contributed by atoms with E-state index in [1.54, 1.807) is 0 Å². The van der Waals surface area contributed by atoms with Crippen molar-refractivity contribution in [1.82, 2.24) is 0 Å². The van der Waals surface area contributed by atoms with Crippen LogP contribution in [0.2, 0.25) is 5.02 Å². The molecule has 2 aromatic carbocycles. The Labute approximate surface area is 159 Å². The first-order valence-corrected chi connectivity index (χ1v) is 8.74. The average Bonchev–Trinajstić information content (AvgIpc) is 2.95. The van der Waals surface area contributed by atoms with Crippen molar-refractivity contribution >= 4 is 39.1 Å². The molecule has 0 fully saturated rings. The van der Waals surface area contributed by atoms with Gasteiger partial charge in [0.15, 0.2) is 0 Å². The molecule has 0 bridgehead atoms. The summed E-state index contributed by atoms with van der Waals surface area (Å²) >= 11 is 8.88. The van der Waals surface area contributed by atoms with Gasteiger partial charge in [-0.05, 0) is 30.2 Å². The molecule has 1 atom stereocenters. The lowest BCUT2D eigenvalue weighted by molar-refractivity contribution is -0.274. The van der Waals surface area contributed by atoms with E-state index < -0.39 is 28.7 Å². The van der Waals surface area contributed by atoms with Gasteiger partial charge in [0.2, 0.25) is 5.91 Å². The topological polar surface area (TPSA) is 29.5 Å². The number of rotatable bonds is 3. The van der Waals surface area contributed by atoms with Gasteiger partial charge in [-0.1, -0.05) is 39.7 Å². The third-order valence-electron chi connectivity index (χ3n) is 3.90. The molecule has 1 heterocycles. The van der Waals surface area contributed by atoms with Gasteiger partial charge in [0.1, 0.15) is 16.4 Å². The van der Waals surface area contributed by atoms with Crippen molar-refractivity contribution in [2.45, 2.75) is 17.6 Å². The van der Waals surface area contributed by atoms with Gasteiger partial charge < -0.3 is 9.64 Å². The number of halogens is 6. The van der Waals surface area contributed by atoms with Gasteiger partial charge in [0.05, 0.1) is 5.69 Å². The fourth-order valence-corrected chi connectivity index (χ4v) is 3.54. The van der Waals surface area contributed by atoms with Gasteiger partial charge in [-0.3, -0.25) is 4.79 Å². The van der Waals surface area contributed by atoms with Crippen molar-refractivity contribution in [3.63, 3.8) is 0 Å². The predicted octanol–water partition coefficient (Wildman–Crippen LogP) is 5.40. The molecular formula is C17H11BrClF4NO2. The first-order valence-electron chi connectivity index (χ1n) is 7.45. The third kappa shape index (κ3) is 3.96. The summed E-state index contributed by atoms with van der Waals surface area (Å²) in [7, 11) is 0. The molecule has 0 aromatic heterocycles. The Hall–Kier alpha value is -1.80. The Kier molecular flexibility index (Phi) is 5.16. The second kappa shape index (κ2) is 7.08. The number of benzene rings is 2. The van der Waals surface area contributed by atoms with E-state index in [9.17, 15) is 22.4 Å². The van der Waals surface area contributed by atoms with E-state index in [-0.39, 0.29) is 17.1 Å². The quantitative estimate of drug-likeness (QED) is 0.461. The highest BCUT2D eigenvalue weighted by molar-refractivity contribution is 9.09. The van der Waals surface area contributed by atoms with Crippen molar-refractivity contribution in [1.29, 1.82) is 0 Å². The number of hydrogen-bond donors (Lipinski definition) is 0. The van der Waals surface area contributed by atoms with Gasteiger partial charge in [0, 0.05) is 23.2 Å². The van der Waals surface area contributed by atoms with E-state index in [4.69, 9.17) is 11.6 Å². The maximum atomic E-state index is 14.1. The number of hydrogen-bond acceptors (Lipinski definition) is 2. The summed E-state index contributed by atoms with van der Waals surface area (Å²) in [5, 5.41) is 0.193. The Balaban J connectivity index is 1.87. The minimum Gasteiger partial charge on any atom is -0.406 e. The molecule has 1 unspecified atom stereocenters. The zero-order chi connectivity index (χ0) is 19.1. The van der Waals surface area contributed by atoms with Crippen LogP contribution in [0.15, 0.2) is 36.4 Å². The lowest BCUT2D eigenvalue weighted by atomic mass is 10.1. The maximum absolute atomic E-state index is 14.1. The first kappa shape index (κ1) is 19.0. The number of amides is 1. The molecule has 0 spiro atoms. The third-order valence-corrected chi connectivity index (χ3v) is 5.02. The van der Waals surface area contributed by atoms with E-state index in [0.29, 0.717) is 17.7 Å². The average molecular weight is 453 g/mol. The van der Waals surface area contributed by atoms with E-state index in [1.807, 2.05) is 0 Å². The Morgan fingerprint density at radius 3 is 2.62 bits per heavy atom. The van der Waals surface area contributed by atoms with Gasteiger partial charge in [0.25, 0.3) is 0 Å². The first-order chi connectivity index (χ1) is 12.2. The van der Waals surface area contributed by atoms with Crippen LogP contribution in [0, 0.1) is 5.82 Å². The molecule has 3 rings (SSSR count). The molecule has 1 aliphatic rings. The zero-order valence-corrected chi connectivity index (χ0v) is 15.3. The van der Waals surface area contributed by atoms with Crippen LogP contribution in [0.5, 0.6) is 5.75 Å². The largest absolute Gasteiger partial charge is 0.573 e. The van der Waals surface area contributed by atoms with E-state index in [0.717, 1.165) is 12.1 Å². The van der Waals surface area contributed by atoms with Crippen LogP contribution in [0.4, 0.5) is 23.2 Å². The van der Waals surface area contributed by atoms with E-state index >= 15 is 0 Å². The molecule has 9 heteroatoms. The molecule has 1 aliphatic heterocycles. The normalized spacial score (nSPS) is 14.9. The van der Waals surface area contributed by atoms with E-state index in [1.165, 1.54) is 29.2 Å². The number of anilines is 1. The molecular weight excluding hydrogens is 442 g/mol. The molecule has 26 heavy (non-hydrogen) atoms. The molecule has 138 valence electrons. The molecule has 0 saturated heterocycles. The number of ether oxygens (including phenoxy) is 1. The summed E-state index contributed by atoms with van der Waals surface area (Å²) in [5.74, 6) is -1.56. The smallest absolute Gasteiger partial charge is 0.406 e. The minimum atomic E-state index is -4.83. The maximum Gasteiger partial charge on any atom is 0.573 e. The molecule has 0 aliphatic carbocycles. The highest BCUT2D eigenvalue weighted by Gasteiger charge is 2.34. The van der Waals surface area contributed by atoms with Gasteiger partial charge in [-0.25, -0.2) is 4.39 Å². The Morgan fingerprint density at radius 1 is 1.23 bits per heavy atom. The Bertz CT molecular complexity index is 859. The second-order valence-electron chi connectivity index (χ2n) is 5.61. The van der Waals surface area contributed by atoms with Crippen molar-refractivity contribution in [3.05, 3.63) is 58.4 Å². The van der Waals surface area contributed by atoms with Crippen molar-refractivity contribution in [2.75, 3.05) is 11.4 Å². The molecule has 3 nitrogen and oxygen atoms in total. The number of carbonyl (C=O) groups excluding carboxylic acids is 1. The van der Waals surface area contributed by atoms with Crippen LogP contribution in [0.3, 0.4) is 0 Å². The summed E-state index contributed by atoms with van der Waals surface area (Å²) in [4.78, 5) is 13.1. The highest BCUT2D eigenvalue weighted by atomic mass is 79.9. The number of nitrogens with zero attached hydrogens (tertiary/aromatic N) is 1. The molecule has 1 amide bonds. The van der Waals surface area contributed by atoms with Crippen molar-refractivity contribution < 1.29 is 27.1 Å². The highest BCUT2D eigenvalue weighted by Crippen LogP contribution is 2.37. The van der Waals surface area contributed by atoms with Gasteiger partial charge in [-0.15, -0.1) is 13.2 Å². The van der Waals surface area contributed by atoms with Crippen LogP contribution in [0.1, 0.15) is 16.0 Å². The SMILES string of the molecule is O=C(C(Br)c1ccc(Cl)cc1F)N1CCc2ccc(OC(F)(F)F)cc21. The van der Waals surface area contributed by atoms with Crippen LogP contribution >= 0.6 is 27.5 Å². The summed E-state index contributed by atoms with van der Waals surface area (Å²) < 4.78 is 55.2. The fourth-order valence-electron chi connectivity index (χ4n) is 2.76. The summed E-state index contributed by atoms with van der Waals surface area (Å²) in [5.41, 5.74) is 1.12. The van der Waals surface area contributed by atoms with Crippen LogP contribution in [-0.4, -0.2) is 18.8 Å². The number of fused-ring (bicyclic) bond motifs is 1. The monoisotopic (exact) mass is 451 g/mol. The summed E-state index contributed by atoms with van der Waals surface area (Å²) in [6.07, 6.45) is -4.34. The zero-order valence-electron chi connectivity index (χ0n) is 13.0. The minimum absolute atomic E-state index is 0.0931. The lowest BCUT2D eigenvalue weighted by Gasteiger charge is -2.22. The van der Waals surface area contributed by atoms with Crippen LogP contribution in [0.25, 0.3) is 0 Å². The predicted molar refractivity (Wildman–Crippen MR) is 92.3 cm³/mol. The molecule has 0 saturated carbocycles. The number of carbonyl (C=O) groups is 1. The van der Waals surface area contributed by atoms with Gasteiger partial charge in [-0.2, -0.15) is 0 Å². The van der Waals surface area contributed by atoms with Crippen LogP contribution < -0.4 is 9.64 Å². The summed E-state index contributed by atoms with van der Waals surface area (Å²) in [6.45, 7) is 0.279. The summed E-state index contributed by atoms with van der Waals surface area (Å²) in [6, 6.07) is 7.77. The number of alkyl halides is 4. The fraction of sp³-hybridized carbons (Fsp3) is 0.235. The standard InChI is InChI=1S/C17H11BrClF4NO2/c18-15(12-4-2-10(19)7-13(12)20)16(25)24-6-5-9-1-3-11(8-14(9)24)26-17(21,22)23/h1-4,7-8,15H,5-6H2. The lowest BCUT2D eigenvalue weighted by Crippen LogP contribution is -2.32. The molecule has 0 radical (unpaired) electrons. The molecule has 2 aromatic rings.